The van der Waals surface area contributed by atoms with Crippen molar-refractivity contribution in [2.24, 2.45) is 0 Å². The van der Waals surface area contributed by atoms with Crippen LogP contribution in [0.1, 0.15) is 74.1 Å². The summed E-state index contributed by atoms with van der Waals surface area (Å²) >= 11 is 0. The third-order valence-corrected chi connectivity index (χ3v) is 17.8. The van der Waals surface area contributed by atoms with Gasteiger partial charge in [-0.05, 0) is 136 Å². The van der Waals surface area contributed by atoms with Crippen LogP contribution in [0, 0.1) is 64.0 Å². The van der Waals surface area contributed by atoms with Crippen molar-refractivity contribution in [2.75, 3.05) is 72.6 Å². The number of anilines is 16. The maximum atomic E-state index is 14.0. The van der Waals surface area contributed by atoms with Crippen LogP contribution in [-0.4, -0.2) is 108 Å². The van der Waals surface area contributed by atoms with E-state index < -0.39 is 76.5 Å². The molecule has 0 amide bonds. The Hall–Kier alpha value is -16.7. The third kappa shape index (κ3) is 23.2. The first-order valence-electron chi connectivity index (χ1n) is 37.2. The molecule has 0 fully saturated rings. The molecule has 4 atom stereocenters. The highest BCUT2D eigenvalue weighted by Crippen LogP contribution is 2.32. The molecule has 125 heavy (non-hydrogen) atoms. The Morgan fingerprint density at radius 1 is 0.272 bits per heavy atom. The number of halogens is 11. The number of hydrogen-bond donors (Lipinski definition) is 16. The van der Waals surface area contributed by atoms with Gasteiger partial charge < -0.3 is 70.2 Å². The Kier molecular flexibility index (Phi) is 26.9. The van der Waals surface area contributed by atoms with Crippen LogP contribution in [0.4, 0.5) is 143 Å². The molecule has 0 aliphatic heterocycles. The Balaban J connectivity index is 0.000000143. The van der Waals surface area contributed by atoms with Gasteiger partial charge in [-0.1, -0.05) is 48.5 Å². The summed E-state index contributed by atoms with van der Waals surface area (Å²) in [6.45, 7) is 6.70. The highest BCUT2D eigenvalue weighted by atomic mass is 19.2. The molecule has 0 aliphatic carbocycles. The zero-order valence-electron chi connectivity index (χ0n) is 65.8. The number of ether oxygens (including phenoxy) is 1. The van der Waals surface area contributed by atoms with Gasteiger partial charge in [-0.15, -0.1) is 0 Å². The Morgan fingerprint density at radius 2 is 0.560 bits per heavy atom. The third-order valence-electron chi connectivity index (χ3n) is 17.8. The van der Waals surface area contributed by atoms with E-state index in [9.17, 15) is 48.3 Å². The molecule has 33 nitrogen and oxygen atoms in total. The number of nitrogens with zero attached hydrogens (tertiary/aromatic N) is 16. The van der Waals surface area contributed by atoms with Crippen molar-refractivity contribution < 1.29 is 53.0 Å². The van der Waals surface area contributed by atoms with E-state index in [1.54, 1.807) is 102 Å². The van der Waals surface area contributed by atoms with Crippen molar-refractivity contribution in [2.45, 2.75) is 51.9 Å². The van der Waals surface area contributed by atoms with E-state index in [0.29, 0.717) is 51.5 Å². The predicted molar refractivity (Wildman–Crippen MR) is 446 cm³/mol. The number of rotatable bonds is 25. The van der Waals surface area contributed by atoms with Gasteiger partial charge in [0.25, 0.3) is 0 Å². The summed E-state index contributed by atoms with van der Waals surface area (Å²) in [5, 5.41) is 51.0. The average Bonchev–Trinajstić information content (AvgIpc) is 1.81. The highest BCUT2D eigenvalue weighted by Gasteiger charge is 2.22. The second-order valence-electron chi connectivity index (χ2n) is 26.9. The summed E-state index contributed by atoms with van der Waals surface area (Å²) in [6.07, 6.45) is 0. The number of H-pyrrole nitrogens is 4. The fourth-order valence-electron chi connectivity index (χ4n) is 11.9. The minimum atomic E-state index is -0.697. The molecule has 8 aromatic carbocycles. The molecule has 0 saturated carbocycles. The molecule has 0 spiro atoms. The molecule has 0 saturated heterocycles. The van der Waals surface area contributed by atoms with E-state index in [4.69, 9.17) is 27.7 Å². The lowest BCUT2D eigenvalue weighted by molar-refractivity contribution is 0.415. The van der Waals surface area contributed by atoms with Gasteiger partial charge in [0.15, 0.2) is 23.3 Å². The van der Waals surface area contributed by atoms with Gasteiger partial charge in [-0.25, -0.2) is 48.3 Å². The number of nitrogens with two attached hydrogens (primary N) is 4. The number of hydrogen-bond acceptors (Lipinski definition) is 29. The topological polar surface area (TPSA) is 479 Å². The fourth-order valence-corrected chi connectivity index (χ4v) is 11.9. The summed E-state index contributed by atoms with van der Waals surface area (Å²) < 4.78 is 154. The summed E-state index contributed by atoms with van der Waals surface area (Å²) in [5.74, 6) is -3.63. The number of nitrogens with one attached hydrogen (secondary N) is 12. The molecular formula is C81H71F11N32O. The van der Waals surface area contributed by atoms with E-state index >= 15 is 0 Å². The normalized spacial score (nSPS) is 11.8. The van der Waals surface area contributed by atoms with Crippen LogP contribution in [0.2, 0.25) is 0 Å². The van der Waals surface area contributed by atoms with E-state index in [1.165, 1.54) is 72.8 Å². The minimum Gasteiger partial charge on any atom is -0.497 e. The molecule has 0 radical (unpaired) electrons. The van der Waals surface area contributed by atoms with Crippen molar-refractivity contribution in [3.63, 3.8) is 0 Å². The number of methoxy groups -OCH3 is 1. The molecule has 8 aromatic heterocycles. The second-order valence-corrected chi connectivity index (χ2v) is 26.9. The van der Waals surface area contributed by atoms with Gasteiger partial charge in [0, 0.05) is 81.9 Å². The van der Waals surface area contributed by atoms with Crippen molar-refractivity contribution >= 4 is 94.7 Å². The van der Waals surface area contributed by atoms with E-state index in [0.717, 1.165) is 52.9 Å². The molecule has 8 heterocycles. The van der Waals surface area contributed by atoms with Crippen molar-refractivity contribution in [3.8, 4) is 50.8 Å². The first-order valence-corrected chi connectivity index (χ1v) is 37.2. The largest absolute Gasteiger partial charge is 0.497 e. The predicted octanol–water partition coefficient (Wildman–Crippen LogP) is 16.6. The Morgan fingerprint density at radius 3 is 0.880 bits per heavy atom. The minimum absolute atomic E-state index is 0.0392. The van der Waals surface area contributed by atoms with Crippen LogP contribution >= 0.6 is 0 Å². The monoisotopic (exact) mass is 1720 g/mol. The summed E-state index contributed by atoms with van der Waals surface area (Å²) in [6, 6.07) is 43.5. The van der Waals surface area contributed by atoms with Gasteiger partial charge in [0.05, 0.1) is 54.1 Å². The van der Waals surface area contributed by atoms with Crippen LogP contribution in [0.5, 0.6) is 5.75 Å². The maximum absolute atomic E-state index is 14.0. The zero-order valence-corrected chi connectivity index (χ0v) is 65.8. The van der Waals surface area contributed by atoms with Crippen LogP contribution in [0.3, 0.4) is 0 Å². The van der Waals surface area contributed by atoms with Crippen LogP contribution in [0.25, 0.3) is 45.0 Å². The van der Waals surface area contributed by atoms with Gasteiger partial charge in [0.2, 0.25) is 71.4 Å². The smallest absolute Gasteiger partial charge is 0.235 e. The lowest BCUT2D eigenvalue weighted by Crippen LogP contribution is -2.14. The van der Waals surface area contributed by atoms with E-state index in [2.05, 4.69) is 143 Å². The highest BCUT2D eigenvalue weighted by molar-refractivity contribution is 5.69. The molecule has 0 bridgehead atoms. The molecule has 0 aliphatic rings. The van der Waals surface area contributed by atoms with Gasteiger partial charge >= 0.3 is 0 Å². The Bertz CT molecular complexity index is 6420. The van der Waals surface area contributed by atoms with Crippen molar-refractivity contribution in [3.05, 3.63) is 280 Å². The number of benzene rings is 8. The van der Waals surface area contributed by atoms with Crippen LogP contribution < -0.4 is 70.2 Å². The lowest BCUT2D eigenvalue weighted by atomic mass is 10.1. The van der Waals surface area contributed by atoms with Crippen molar-refractivity contribution in [1.29, 1.82) is 0 Å². The van der Waals surface area contributed by atoms with Crippen LogP contribution in [-0.2, 0) is 0 Å². The second kappa shape index (κ2) is 39.0. The molecular weight excluding hydrogens is 1650 g/mol. The average molecular weight is 1720 g/mol. The van der Waals surface area contributed by atoms with E-state index in [-0.39, 0.29) is 105 Å². The molecule has 4 unspecified atom stereocenters. The van der Waals surface area contributed by atoms with Gasteiger partial charge in [-0.2, -0.15) is 80.2 Å². The van der Waals surface area contributed by atoms with Crippen LogP contribution in [0.15, 0.2) is 194 Å². The number of aromatic nitrogens is 20. The Labute approximate surface area is 701 Å². The van der Waals surface area contributed by atoms with Gasteiger partial charge in [0.1, 0.15) is 69.7 Å². The number of aromatic amines is 4. The first kappa shape index (κ1) is 86.1. The maximum Gasteiger partial charge on any atom is 0.235 e. The van der Waals surface area contributed by atoms with Crippen molar-refractivity contribution in [1.82, 2.24) is 101 Å². The van der Waals surface area contributed by atoms with E-state index in [1.807, 2.05) is 24.3 Å². The zero-order chi connectivity index (χ0) is 88.5. The number of nitrogen functional groups attached to an aromatic ring is 4. The summed E-state index contributed by atoms with van der Waals surface area (Å²) in [4.78, 5) is 48.9. The molecule has 638 valence electrons. The molecule has 16 aromatic rings. The summed E-state index contributed by atoms with van der Waals surface area (Å²) in [5.41, 5.74) is 29.1. The lowest BCUT2D eigenvalue weighted by Gasteiger charge is -2.15. The molecule has 16 rings (SSSR count). The molecule has 44 heteroatoms. The molecule has 20 N–H and O–H groups in total. The quantitative estimate of drug-likeness (QED) is 0.0236. The van der Waals surface area contributed by atoms with Gasteiger partial charge in [-0.3, -0.25) is 20.4 Å². The SMILES string of the molecule is CC(Nc1nc(N)nc(Nc2cc(-c3ccc(F)cc3)[nH]n2)n1)c1ccc(F)cc1F.CC(Nc1nc(N)nc(Nc2cc(-c3cccc(F)c3)[nH]n2)n1)c1ccc(F)cc1F.CC(Nc1nc(N)nc(Nc2cc(-c3ccccc3F)[nH]n2)n1)c1ccc(F)cc1F.COc1ccc(-c2cc(Nc3nc(N)nc(NC(C)c4ccc(F)cc4F)n3)n[nH]2)cc1. The summed E-state index contributed by atoms with van der Waals surface area (Å²) in [7, 11) is 1.60. The first-order chi connectivity index (χ1) is 60.0. The standard InChI is InChI=1S/C21H20F2N8O.3C20H17F3N8/c1-11(15-8-5-13(22)9-16(15)23)25-20-27-19(24)28-21(29-20)26-18-10-17(30-31-18)12-3-6-14(32-2)7-4-12;1-10(14-7-6-13(22)8-15(14)23)25-19-27-18(24)28-20(29-19)26-17-9-16(30-31-17)11-2-4-12(21)5-3-11;1-10(14-6-5-13(22)8-15(14)23)25-19-27-18(24)28-20(29-19)26-17-9-16(30-31-17)11-3-2-4-12(21)7-11;1-10(12-7-6-11(21)8-15(12)23)25-19-27-18(24)28-20(29-19)26-17-9-16(30-31-17)13-4-2-3-5-14(13)22/h3-11H,1-2H3,(H5,24,25,26,27,28,29,30,31);3*2-10H,1H3,(H5,24,25,26,27,28,29,30,31). The fraction of sp³-hybridized carbons (Fsp3) is 0.111.